The van der Waals surface area contributed by atoms with E-state index < -0.39 is 0 Å². The standard InChI is InChI=1S/C14H27N3S.HI/c1-5-6-11-9-12(11)16-13(15-4)17-7-8-18-14(2,3)10-17;/h11-12H,5-10H2,1-4H3,(H,15,16);1H. The molecule has 0 amide bonds. The van der Waals surface area contributed by atoms with E-state index in [1.165, 1.54) is 25.0 Å². The molecule has 3 nitrogen and oxygen atoms in total. The smallest absolute Gasteiger partial charge is 0.193 e. The van der Waals surface area contributed by atoms with Crippen LogP contribution >= 0.6 is 35.7 Å². The maximum Gasteiger partial charge on any atom is 0.193 e. The van der Waals surface area contributed by atoms with Crippen molar-refractivity contribution in [1.82, 2.24) is 10.2 Å². The van der Waals surface area contributed by atoms with E-state index in [9.17, 15) is 0 Å². The zero-order valence-electron chi connectivity index (χ0n) is 12.6. The molecule has 1 N–H and O–H groups in total. The molecule has 2 aliphatic rings. The lowest BCUT2D eigenvalue weighted by molar-refractivity contribution is 0.374. The van der Waals surface area contributed by atoms with Crippen LogP contribution in [-0.4, -0.2) is 47.5 Å². The fraction of sp³-hybridized carbons (Fsp3) is 0.929. The second-order valence-corrected chi connectivity index (χ2v) is 7.91. The van der Waals surface area contributed by atoms with E-state index in [2.05, 4.69) is 47.7 Å². The van der Waals surface area contributed by atoms with Gasteiger partial charge < -0.3 is 10.2 Å². The summed E-state index contributed by atoms with van der Waals surface area (Å²) < 4.78 is 0.349. The third-order valence-electron chi connectivity index (χ3n) is 3.83. The molecule has 0 spiro atoms. The van der Waals surface area contributed by atoms with Crippen molar-refractivity contribution in [2.45, 2.75) is 50.8 Å². The van der Waals surface area contributed by atoms with Crippen LogP contribution in [0.15, 0.2) is 4.99 Å². The minimum Gasteiger partial charge on any atom is -0.353 e. The average Bonchev–Trinajstić information content (AvgIpc) is 3.03. The van der Waals surface area contributed by atoms with Crippen LogP contribution in [0.25, 0.3) is 0 Å². The largest absolute Gasteiger partial charge is 0.353 e. The molecule has 2 rings (SSSR count). The summed E-state index contributed by atoms with van der Waals surface area (Å²) in [6.45, 7) is 9.15. The Bertz CT molecular complexity index is 320. The molecular weight excluding hydrogens is 369 g/mol. The predicted octanol–water partition coefficient (Wildman–Crippen LogP) is 3.20. The molecule has 1 aliphatic heterocycles. The Kier molecular flexibility index (Phi) is 6.76. The van der Waals surface area contributed by atoms with Crippen LogP contribution in [0, 0.1) is 5.92 Å². The fourth-order valence-corrected chi connectivity index (χ4v) is 3.89. The van der Waals surface area contributed by atoms with E-state index in [0.29, 0.717) is 10.8 Å². The molecule has 0 radical (unpaired) electrons. The van der Waals surface area contributed by atoms with Crippen molar-refractivity contribution in [3.8, 4) is 0 Å². The van der Waals surface area contributed by atoms with Gasteiger partial charge in [-0.1, -0.05) is 13.3 Å². The lowest BCUT2D eigenvalue weighted by Gasteiger charge is -2.39. The first-order valence-electron chi connectivity index (χ1n) is 7.18. The van der Waals surface area contributed by atoms with Crippen molar-refractivity contribution in [2.75, 3.05) is 25.9 Å². The van der Waals surface area contributed by atoms with Gasteiger partial charge in [0.05, 0.1) is 0 Å². The van der Waals surface area contributed by atoms with Gasteiger partial charge >= 0.3 is 0 Å². The second-order valence-electron chi connectivity index (χ2n) is 6.11. The first-order chi connectivity index (χ1) is 8.55. The van der Waals surface area contributed by atoms with Crippen LogP contribution in [0.5, 0.6) is 0 Å². The first kappa shape index (κ1) is 17.4. The van der Waals surface area contributed by atoms with Gasteiger partial charge in [-0.3, -0.25) is 4.99 Å². The van der Waals surface area contributed by atoms with Crippen molar-refractivity contribution in [1.29, 1.82) is 0 Å². The monoisotopic (exact) mass is 397 g/mol. The Morgan fingerprint density at radius 3 is 2.79 bits per heavy atom. The minimum atomic E-state index is 0. The van der Waals surface area contributed by atoms with Gasteiger partial charge in [0.1, 0.15) is 0 Å². The van der Waals surface area contributed by atoms with Gasteiger partial charge in [0.25, 0.3) is 0 Å². The molecule has 0 aromatic carbocycles. The van der Waals surface area contributed by atoms with Gasteiger partial charge in [0.2, 0.25) is 0 Å². The number of halogens is 1. The number of nitrogens with zero attached hydrogens (tertiary/aromatic N) is 2. The topological polar surface area (TPSA) is 27.6 Å². The van der Waals surface area contributed by atoms with Crippen LogP contribution in [-0.2, 0) is 0 Å². The maximum absolute atomic E-state index is 4.47. The molecule has 0 bridgehead atoms. The van der Waals surface area contributed by atoms with Crippen molar-refractivity contribution in [3.63, 3.8) is 0 Å². The van der Waals surface area contributed by atoms with E-state index in [4.69, 9.17) is 0 Å². The van der Waals surface area contributed by atoms with Crippen LogP contribution < -0.4 is 5.32 Å². The molecule has 5 heteroatoms. The van der Waals surface area contributed by atoms with E-state index in [0.717, 1.165) is 25.0 Å². The lowest BCUT2D eigenvalue weighted by Crippen LogP contribution is -2.51. The molecule has 0 aromatic rings. The quantitative estimate of drug-likeness (QED) is 0.450. The SMILES string of the molecule is CCCC1CC1NC(=NC)N1CCSC(C)(C)C1.I. The molecule has 1 aliphatic carbocycles. The highest BCUT2D eigenvalue weighted by Gasteiger charge is 2.38. The van der Waals surface area contributed by atoms with Gasteiger partial charge in [-0.25, -0.2) is 0 Å². The molecular formula is C14H28IN3S. The Labute approximate surface area is 139 Å². The van der Waals surface area contributed by atoms with E-state index >= 15 is 0 Å². The Hall–Kier alpha value is 0.350. The summed E-state index contributed by atoms with van der Waals surface area (Å²) in [5.74, 6) is 3.21. The molecule has 112 valence electrons. The molecule has 2 fully saturated rings. The van der Waals surface area contributed by atoms with Crippen molar-refractivity contribution in [2.24, 2.45) is 10.9 Å². The summed E-state index contributed by atoms with van der Waals surface area (Å²) in [6, 6.07) is 0.682. The third-order valence-corrected chi connectivity index (χ3v) is 5.13. The van der Waals surface area contributed by atoms with Crippen molar-refractivity contribution >= 4 is 41.7 Å². The summed E-state index contributed by atoms with van der Waals surface area (Å²) >= 11 is 2.07. The molecule has 2 atom stereocenters. The second kappa shape index (κ2) is 7.38. The fourth-order valence-electron chi connectivity index (χ4n) is 2.77. The molecule has 2 unspecified atom stereocenters. The van der Waals surface area contributed by atoms with Crippen LogP contribution in [0.1, 0.15) is 40.0 Å². The van der Waals surface area contributed by atoms with Crippen molar-refractivity contribution < 1.29 is 0 Å². The van der Waals surface area contributed by atoms with Crippen molar-refractivity contribution in [3.05, 3.63) is 0 Å². The van der Waals surface area contributed by atoms with E-state index in [1.807, 2.05) is 7.05 Å². The minimum absolute atomic E-state index is 0. The number of rotatable bonds is 3. The van der Waals surface area contributed by atoms with Crippen LogP contribution in [0.4, 0.5) is 0 Å². The maximum atomic E-state index is 4.47. The number of hydrogen-bond donors (Lipinski definition) is 1. The summed E-state index contributed by atoms with van der Waals surface area (Å²) in [5, 5.41) is 3.65. The van der Waals surface area contributed by atoms with Gasteiger partial charge in [-0.2, -0.15) is 11.8 Å². The molecule has 1 saturated carbocycles. The number of nitrogens with one attached hydrogen (secondary N) is 1. The summed E-state index contributed by atoms with van der Waals surface area (Å²) in [5.41, 5.74) is 0. The Balaban J connectivity index is 0.00000180. The van der Waals surface area contributed by atoms with Gasteiger partial charge in [-0.05, 0) is 32.6 Å². The summed E-state index contributed by atoms with van der Waals surface area (Å²) in [7, 11) is 1.91. The molecule has 0 aromatic heterocycles. The van der Waals surface area contributed by atoms with E-state index in [-0.39, 0.29) is 24.0 Å². The lowest BCUT2D eigenvalue weighted by atomic mass is 10.2. The highest BCUT2D eigenvalue weighted by atomic mass is 127. The molecule has 19 heavy (non-hydrogen) atoms. The third kappa shape index (κ3) is 4.99. The highest BCUT2D eigenvalue weighted by molar-refractivity contribution is 14.0. The van der Waals surface area contributed by atoms with Gasteiger partial charge in [0, 0.05) is 36.7 Å². The number of aliphatic imine (C=N–C) groups is 1. The van der Waals surface area contributed by atoms with Crippen LogP contribution in [0.2, 0.25) is 0 Å². The zero-order chi connectivity index (χ0) is 13.2. The average molecular weight is 397 g/mol. The number of guanidine groups is 1. The Morgan fingerprint density at radius 1 is 1.47 bits per heavy atom. The van der Waals surface area contributed by atoms with Crippen LogP contribution in [0.3, 0.4) is 0 Å². The van der Waals surface area contributed by atoms with E-state index in [1.54, 1.807) is 0 Å². The molecule has 1 saturated heterocycles. The number of thioether (sulfide) groups is 1. The summed E-state index contributed by atoms with van der Waals surface area (Å²) in [6.07, 6.45) is 3.99. The zero-order valence-corrected chi connectivity index (χ0v) is 15.8. The summed E-state index contributed by atoms with van der Waals surface area (Å²) in [4.78, 5) is 6.90. The number of hydrogen-bond acceptors (Lipinski definition) is 2. The first-order valence-corrected chi connectivity index (χ1v) is 8.16. The molecule has 1 heterocycles. The predicted molar refractivity (Wildman–Crippen MR) is 96.8 cm³/mol. The van der Waals surface area contributed by atoms with Gasteiger partial charge in [-0.15, -0.1) is 24.0 Å². The highest BCUT2D eigenvalue weighted by Crippen LogP contribution is 2.35. The normalized spacial score (nSPS) is 29.7. The van der Waals surface area contributed by atoms with Gasteiger partial charge in [0.15, 0.2) is 5.96 Å². The Morgan fingerprint density at radius 2 is 2.21 bits per heavy atom.